The number of thiophene rings is 1. The maximum atomic E-state index is 11.2. The van der Waals surface area contributed by atoms with Crippen LogP contribution in [-0.4, -0.2) is 11.7 Å². The van der Waals surface area contributed by atoms with Crippen LogP contribution in [-0.2, 0) is 4.79 Å². The fourth-order valence-electron chi connectivity index (χ4n) is 0.723. The molecule has 4 heteroatoms. The van der Waals surface area contributed by atoms with E-state index in [1.54, 1.807) is 13.8 Å². The molecule has 13 heavy (non-hydrogen) atoms. The zero-order chi connectivity index (χ0) is 9.84. The highest BCUT2D eigenvalue weighted by Crippen LogP contribution is 2.06. The summed E-state index contributed by atoms with van der Waals surface area (Å²) in [4.78, 5) is 15.0. The number of hydrogen-bond donors (Lipinski definition) is 1. The summed E-state index contributed by atoms with van der Waals surface area (Å²) in [5.41, 5.74) is 6.43. The summed E-state index contributed by atoms with van der Waals surface area (Å²) in [6.45, 7) is 3.60. The van der Waals surface area contributed by atoms with E-state index in [9.17, 15) is 4.79 Å². The zero-order valence-electron chi connectivity index (χ0n) is 7.65. The van der Waals surface area contributed by atoms with Crippen molar-refractivity contribution in [3.8, 4) is 0 Å². The van der Waals surface area contributed by atoms with Crippen LogP contribution < -0.4 is 5.73 Å². The Labute approximate surface area is 81.3 Å². The lowest BCUT2D eigenvalue weighted by Crippen LogP contribution is -2.16. The summed E-state index contributed by atoms with van der Waals surface area (Å²) in [7, 11) is 0. The maximum Gasteiger partial charge on any atom is 0.250 e. The third-order valence-electron chi connectivity index (χ3n) is 1.54. The molecule has 0 saturated heterocycles. The third kappa shape index (κ3) is 2.66. The smallest absolute Gasteiger partial charge is 0.250 e. The first-order chi connectivity index (χ1) is 6.11. The van der Waals surface area contributed by atoms with E-state index in [0.29, 0.717) is 5.84 Å². The van der Waals surface area contributed by atoms with Gasteiger partial charge in [-0.25, -0.2) is 0 Å². The van der Waals surface area contributed by atoms with E-state index < -0.39 is 0 Å². The predicted octanol–water partition coefficient (Wildman–Crippen LogP) is 1.64. The Bertz CT molecular complexity index is 314. The van der Waals surface area contributed by atoms with E-state index in [2.05, 4.69) is 4.99 Å². The standard InChI is InChI=1S/C9H12N2OS/c1-6(2)9(12)11-8(10)7-3-4-13-5-7/h3-6H,1-2H3,(H2,10,11,12). The van der Waals surface area contributed by atoms with Gasteiger partial charge >= 0.3 is 0 Å². The molecule has 70 valence electrons. The van der Waals surface area contributed by atoms with Gasteiger partial charge < -0.3 is 5.73 Å². The van der Waals surface area contributed by atoms with Crippen molar-refractivity contribution in [1.82, 2.24) is 0 Å². The summed E-state index contributed by atoms with van der Waals surface area (Å²) in [6.07, 6.45) is 0. The van der Waals surface area contributed by atoms with Crippen molar-refractivity contribution in [2.24, 2.45) is 16.6 Å². The lowest BCUT2D eigenvalue weighted by atomic mass is 10.2. The topological polar surface area (TPSA) is 55.5 Å². The first-order valence-electron chi connectivity index (χ1n) is 4.02. The van der Waals surface area contributed by atoms with Crippen LogP contribution in [0.1, 0.15) is 19.4 Å². The van der Waals surface area contributed by atoms with Crippen molar-refractivity contribution in [3.05, 3.63) is 22.4 Å². The van der Waals surface area contributed by atoms with Gasteiger partial charge in [-0.1, -0.05) is 13.8 Å². The van der Waals surface area contributed by atoms with E-state index in [-0.39, 0.29) is 11.8 Å². The Kier molecular flexibility index (Phi) is 3.19. The molecule has 0 aliphatic carbocycles. The van der Waals surface area contributed by atoms with E-state index in [4.69, 9.17) is 5.73 Å². The van der Waals surface area contributed by atoms with Gasteiger partial charge in [0.2, 0.25) is 5.91 Å². The van der Waals surface area contributed by atoms with Crippen molar-refractivity contribution in [1.29, 1.82) is 0 Å². The monoisotopic (exact) mass is 196 g/mol. The Morgan fingerprint density at radius 2 is 2.31 bits per heavy atom. The molecule has 3 nitrogen and oxygen atoms in total. The van der Waals surface area contributed by atoms with Gasteiger partial charge in [-0.15, -0.1) is 0 Å². The minimum absolute atomic E-state index is 0.0998. The number of nitrogens with two attached hydrogens (primary N) is 1. The first kappa shape index (κ1) is 9.92. The van der Waals surface area contributed by atoms with Crippen molar-refractivity contribution < 1.29 is 4.79 Å². The molecule has 0 spiro atoms. The van der Waals surface area contributed by atoms with Crippen LogP contribution in [0.25, 0.3) is 0 Å². The summed E-state index contributed by atoms with van der Waals surface area (Å²) in [6, 6.07) is 1.84. The number of carbonyl (C=O) groups is 1. The van der Waals surface area contributed by atoms with E-state index >= 15 is 0 Å². The average molecular weight is 196 g/mol. The van der Waals surface area contributed by atoms with Crippen LogP contribution in [0.2, 0.25) is 0 Å². The number of hydrogen-bond acceptors (Lipinski definition) is 2. The average Bonchev–Trinajstić information content (AvgIpc) is 2.55. The van der Waals surface area contributed by atoms with Crippen molar-refractivity contribution in [2.75, 3.05) is 0 Å². The fourth-order valence-corrected chi connectivity index (χ4v) is 1.37. The van der Waals surface area contributed by atoms with Crippen molar-refractivity contribution >= 4 is 23.1 Å². The molecule has 0 radical (unpaired) electrons. The normalized spacial score (nSPS) is 12.1. The van der Waals surface area contributed by atoms with Crippen LogP contribution in [0.4, 0.5) is 0 Å². The van der Waals surface area contributed by atoms with Gasteiger partial charge in [0.1, 0.15) is 5.84 Å². The largest absolute Gasteiger partial charge is 0.383 e. The molecule has 1 aromatic rings. The second kappa shape index (κ2) is 4.18. The molecular formula is C9H12N2OS. The highest BCUT2D eigenvalue weighted by molar-refractivity contribution is 7.08. The highest BCUT2D eigenvalue weighted by atomic mass is 32.1. The van der Waals surface area contributed by atoms with Crippen LogP contribution in [0.15, 0.2) is 21.8 Å². The Morgan fingerprint density at radius 3 is 2.77 bits per heavy atom. The number of rotatable bonds is 2. The lowest BCUT2D eigenvalue weighted by molar-refractivity contribution is -0.120. The Morgan fingerprint density at radius 1 is 1.62 bits per heavy atom. The number of aliphatic imine (C=N–C) groups is 1. The fraction of sp³-hybridized carbons (Fsp3) is 0.333. The molecule has 0 atom stereocenters. The van der Waals surface area contributed by atoms with Gasteiger partial charge in [0.05, 0.1) is 0 Å². The second-order valence-electron chi connectivity index (χ2n) is 3.00. The molecule has 0 fully saturated rings. The van der Waals surface area contributed by atoms with Crippen LogP contribution in [0.3, 0.4) is 0 Å². The quantitative estimate of drug-likeness (QED) is 0.577. The Balaban J connectivity index is 2.78. The molecule has 1 amide bonds. The molecule has 1 aromatic heterocycles. The molecule has 0 bridgehead atoms. The van der Waals surface area contributed by atoms with E-state index in [1.165, 1.54) is 11.3 Å². The molecule has 0 aliphatic rings. The Hall–Kier alpha value is -1.16. The van der Waals surface area contributed by atoms with Crippen LogP contribution in [0.5, 0.6) is 0 Å². The van der Waals surface area contributed by atoms with Crippen molar-refractivity contribution in [2.45, 2.75) is 13.8 Å². The molecular weight excluding hydrogens is 184 g/mol. The molecule has 1 heterocycles. The number of nitrogens with zero attached hydrogens (tertiary/aromatic N) is 1. The SMILES string of the molecule is CC(C)C(=O)N=C(N)c1ccsc1. The molecule has 1 rings (SSSR count). The van der Waals surface area contributed by atoms with Gasteiger partial charge in [0.15, 0.2) is 0 Å². The van der Waals surface area contributed by atoms with E-state index in [1.807, 2.05) is 16.8 Å². The number of amidine groups is 1. The van der Waals surface area contributed by atoms with Gasteiger partial charge in [-0.05, 0) is 11.4 Å². The van der Waals surface area contributed by atoms with Crippen LogP contribution >= 0.6 is 11.3 Å². The number of carbonyl (C=O) groups excluding carboxylic acids is 1. The summed E-state index contributed by atoms with van der Waals surface area (Å²) >= 11 is 1.53. The molecule has 0 aliphatic heterocycles. The minimum atomic E-state index is -0.177. The predicted molar refractivity (Wildman–Crippen MR) is 54.9 cm³/mol. The molecule has 0 unspecified atom stereocenters. The first-order valence-corrected chi connectivity index (χ1v) is 4.96. The summed E-state index contributed by atoms with van der Waals surface area (Å²) in [5, 5.41) is 3.77. The van der Waals surface area contributed by atoms with Gasteiger partial charge in [-0.2, -0.15) is 16.3 Å². The second-order valence-corrected chi connectivity index (χ2v) is 3.78. The summed E-state index contributed by atoms with van der Waals surface area (Å²) < 4.78 is 0. The highest BCUT2D eigenvalue weighted by Gasteiger charge is 2.07. The van der Waals surface area contributed by atoms with Gasteiger partial charge in [0.25, 0.3) is 0 Å². The van der Waals surface area contributed by atoms with E-state index in [0.717, 1.165) is 5.56 Å². The lowest BCUT2D eigenvalue weighted by Gasteiger charge is -1.99. The summed E-state index contributed by atoms with van der Waals surface area (Å²) in [5.74, 6) is 0.0286. The zero-order valence-corrected chi connectivity index (χ0v) is 8.47. The van der Waals surface area contributed by atoms with Crippen molar-refractivity contribution in [3.63, 3.8) is 0 Å². The third-order valence-corrected chi connectivity index (χ3v) is 2.22. The van der Waals surface area contributed by atoms with Gasteiger partial charge in [-0.3, -0.25) is 4.79 Å². The maximum absolute atomic E-state index is 11.2. The number of amides is 1. The molecule has 0 saturated carbocycles. The van der Waals surface area contributed by atoms with Crippen LogP contribution in [0, 0.1) is 5.92 Å². The molecule has 2 N–H and O–H groups in total. The van der Waals surface area contributed by atoms with Gasteiger partial charge in [0, 0.05) is 16.9 Å². The molecule has 0 aromatic carbocycles. The minimum Gasteiger partial charge on any atom is -0.383 e.